The molecule has 0 amide bonds. The highest BCUT2D eigenvalue weighted by Gasteiger charge is 2.81. The van der Waals surface area contributed by atoms with E-state index in [0.717, 1.165) is 30.5 Å². The van der Waals surface area contributed by atoms with E-state index in [0.29, 0.717) is 13.0 Å². The summed E-state index contributed by atoms with van der Waals surface area (Å²) in [7, 11) is 0. The normalized spacial score (nSPS) is 47.8. The van der Waals surface area contributed by atoms with Crippen molar-refractivity contribution in [3.63, 3.8) is 0 Å². The van der Waals surface area contributed by atoms with Crippen LogP contribution in [0.2, 0.25) is 0 Å². The van der Waals surface area contributed by atoms with Crippen LogP contribution < -0.4 is 5.73 Å². The van der Waals surface area contributed by atoms with E-state index in [-0.39, 0.29) is 42.5 Å². The fourth-order valence-corrected chi connectivity index (χ4v) is 9.83. The minimum absolute atomic E-state index is 0.00611. The second-order valence-electron chi connectivity index (χ2n) is 12.8. The standard InChI is InChI=1S/C24H31ClO6.C7H9N/c1-14-8-18-17-5-4-15-9-16(26)6-7-20(15,2)23(17,25)19(27)10-21(18,3)24(14)22(30-13-31-24)11-28-12-29-22;1-6-2-4-7(8)5-3-6/h6-7,9,14,17-19,27H,4-5,8,10-13H2,1-3H3;2-5H,8H2,1H3/t14-,17+,18+,19+,20+,21+,22?,23+,24-;/m1./s1. The van der Waals surface area contributed by atoms with Gasteiger partial charge in [0.25, 0.3) is 0 Å². The van der Waals surface area contributed by atoms with Crippen LogP contribution in [-0.2, 0) is 23.7 Å². The number of carbonyl (C=O) groups is 1. The Labute approximate surface area is 235 Å². The number of hydrogen-bond donors (Lipinski definition) is 2. The molecule has 5 fully saturated rings. The zero-order valence-electron chi connectivity index (χ0n) is 23.2. The van der Waals surface area contributed by atoms with Gasteiger partial charge >= 0.3 is 0 Å². The van der Waals surface area contributed by atoms with Gasteiger partial charge in [0.2, 0.25) is 5.79 Å². The van der Waals surface area contributed by atoms with Crippen LogP contribution in [0.4, 0.5) is 5.69 Å². The predicted molar refractivity (Wildman–Crippen MR) is 148 cm³/mol. The van der Waals surface area contributed by atoms with E-state index in [9.17, 15) is 9.90 Å². The van der Waals surface area contributed by atoms with Gasteiger partial charge in [-0.25, -0.2) is 0 Å². The summed E-state index contributed by atoms with van der Waals surface area (Å²) in [5.41, 5.74) is 6.91. The predicted octanol–water partition coefficient (Wildman–Crippen LogP) is 4.89. The number of rotatable bonds is 0. The summed E-state index contributed by atoms with van der Waals surface area (Å²) >= 11 is 7.53. The molecule has 9 atom stereocenters. The molecular weight excluding hydrogens is 518 g/mol. The van der Waals surface area contributed by atoms with E-state index in [4.69, 9.17) is 36.3 Å². The number of hydrogen-bond acceptors (Lipinski definition) is 7. The third-order valence-corrected chi connectivity index (χ3v) is 12.0. The number of aliphatic hydroxyl groups excluding tert-OH is 1. The molecule has 7 rings (SSSR count). The van der Waals surface area contributed by atoms with Crippen molar-refractivity contribution in [2.24, 2.45) is 28.6 Å². The Balaban J connectivity index is 0.000000299. The van der Waals surface area contributed by atoms with E-state index < -0.39 is 27.8 Å². The van der Waals surface area contributed by atoms with Gasteiger partial charge in [-0.1, -0.05) is 50.1 Å². The van der Waals surface area contributed by atoms with E-state index in [2.05, 4.69) is 20.8 Å². The van der Waals surface area contributed by atoms with Crippen molar-refractivity contribution >= 4 is 23.1 Å². The van der Waals surface area contributed by atoms with Gasteiger partial charge in [-0.2, -0.15) is 0 Å². The van der Waals surface area contributed by atoms with Crippen molar-refractivity contribution in [1.82, 2.24) is 0 Å². The molecule has 1 unspecified atom stereocenters. The zero-order valence-corrected chi connectivity index (χ0v) is 24.0. The number of alkyl halides is 1. The largest absolute Gasteiger partial charge is 0.399 e. The first kappa shape index (κ1) is 27.4. The lowest BCUT2D eigenvalue weighted by Gasteiger charge is -2.64. The van der Waals surface area contributed by atoms with Gasteiger partial charge in [-0.3, -0.25) is 4.79 Å². The van der Waals surface area contributed by atoms with Crippen molar-refractivity contribution < 1.29 is 28.8 Å². The van der Waals surface area contributed by atoms with Crippen LogP contribution in [0.3, 0.4) is 0 Å². The van der Waals surface area contributed by atoms with Crippen molar-refractivity contribution in [3.8, 4) is 0 Å². The highest BCUT2D eigenvalue weighted by Crippen LogP contribution is 2.74. The van der Waals surface area contributed by atoms with Crippen LogP contribution in [0.15, 0.2) is 48.1 Å². The molecule has 4 aliphatic carbocycles. The summed E-state index contributed by atoms with van der Waals surface area (Å²) in [5, 5.41) is 11.8. The maximum Gasteiger partial charge on any atom is 0.227 e. The topological polar surface area (TPSA) is 100 Å². The van der Waals surface area contributed by atoms with Crippen LogP contribution in [0.5, 0.6) is 0 Å². The number of ether oxygens (including phenoxy) is 4. The lowest BCUT2D eigenvalue weighted by Crippen LogP contribution is -2.71. The van der Waals surface area contributed by atoms with Gasteiger partial charge in [-0.05, 0) is 74.6 Å². The summed E-state index contributed by atoms with van der Waals surface area (Å²) in [6.07, 6.45) is 7.59. The highest BCUT2D eigenvalue weighted by molar-refractivity contribution is 6.26. The summed E-state index contributed by atoms with van der Waals surface area (Å²) in [4.78, 5) is 11.2. The first-order valence-corrected chi connectivity index (χ1v) is 14.4. The van der Waals surface area contributed by atoms with Gasteiger partial charge in [0.05, 0.1) is 11.0 Å². The van der Waals surface area contributed by atoms with E-state index in [1.54, 1.807) is 12.2 Å². The first-order valence-electron chi connectivity index (χ1n) is 14.1. The molecule has 2 heterocycles. The Hall–Kier alpha value is -1.74. The molecule has 39 heavy (non-hydrogen) atoms. The molecule has 0 bridgehead atoms. The van der Waals surface area contributed by atoms with Crippen LogP contribution in [0.1, 0.15) is 52.0 Å². The lowest BCUT2D eigenvalue weighted by molar-refractivity contribution is -0.264. The molecule has 212 valence electrons. The van der Waals surface area contributed by atoms with Crippen molar-refractivity contribution in [3.05, 3.63) is 53.6 Å². The van der Waals surface area contributed by atoms with Crippen molar-refractivity contribution in [2.45, 2.75) is 75.7 Å². The van der Waals surface area contributed by atoms with Crippen LogP contribution in [0.25, 0.3) is 0 Å². The molecule has 1 aromatic carbocycles. The molecule has 2 saturated heterocycles. The minimum atomic E-state index is -0.942. The average Bonchev–Trinajstić information content (AvgIpc) is 3.58. The van der Waals surface area contributed by atoms with Crippen LogP contribution in [0, 0.1) is 35.5 Å². The summed E-state index contributed by atoms with van der Waals surface area (Å²) < 4.78 is 24.3. The molecule has 2 spiro atoms. The van der Waals surface area contributed by atoms with Gasteiger partial charge in [0, 0.05) is 16.5 Å². The number of nitrogen functional groups attached to an aromatic ring is 1. The maximum atomic E-state index is 12.1. The quantitative estimate of drug-likeness (QED) is 0.346. The zero-order chi connectivity index (χ0) is 27.8. The minimum Gasteiger partial charge on any atom is -0.399 e. The van der Waals surface area contributed by atoms with Crippen LogP contribution in [-0.4, -0.2) is 53.4 Å². The molecule has 2 aliphatic heterocycles. The number of aliphatic hydroxyl groups is 1. The Morgan fingerprint density at radius 1 is 1.08 bits per heavy atom. The summed E-state index contributed by atoms with van der Waals surface area (Å²) in [5.74, 6) is -0.468. The van der Waals surface area contributed by atoms with E-state index in [1.807, 2.05) is 37.3 Å². The van der Waals surface area contributed by atoms with Crippen molar-refractivity contribution in [2.75, 3.05) is 25.9 Å². The number of nitrogens with two attached hydrogens (primary N) is 1. The Morgan fingerprint density at radius 2 is 1.79 bits per heavy atom. The number of fused-ring (bicyclic) bond motifs is 7. The highest BCUT2D eigenvalue weighted by atomic mass is 35.5. The molecular formula is C31H40ClNO6. The third kappa shape index (κ3) is 3.50. The third-order valence-electron chi connectivity index (χ3n) is 11.1. The summed E-state index contributed by atoms with van der Waals surface area (Å²) in [6.45, 7) is 9.26. The SMILES string of the molecule is C[C@@H]1C[C@H]2[C@@H]3CCC4=CC(=O)C=C[C@]4(C)[C@@]3(Cl)[C@@H](O)C[C@]2(C)[C@]12OCOC21COCO1.Cc1ccc(N)cc1. The molecule has 1 aromatic rings. The fourth-order valence-electron chi connectivity index (χ4n) is 9.30. The molecule has 7 nitrogen and oxygen atoms in total. The molecule has 3 N–H and O–H groups in total. The molecule has 0 radical (unpaired) electrons. The molecule has 0 aromatic heterocycles. The molecule has 8 heteroatoms. The molecule has 6 aliphatic rings. The van der Waals surface area contributed by atoms with Crippen LogP contribution >= 0.6 is 11.6 Å². The first-order chi connectivity index (χ1) is 18.4. The number of anilines is 1. The number of ketones is 1. The average molecular weight is 558 g/mol. The number of benzene rings is 1. The van der Waals surface area contributed by atoms with E-state index >= 15 is 0 Å². The van der Waals surface area contributed by atoms with Gasteiger partial charge < -0.3 is 29.8 Å². The van der Waals surface area contributed by atoms with Crippen molar-refractivity contribution in [1.29, 1.82) is 0 Å². The maximum absolute atomic E-state index is 12.1. The second kappa shape index (κ2) is 9.13. The number of aryl methyl sites for hydroxylation is 1. The summed E-state index contributed by atoms with van der Waals surface area (Å²) in [6, 6.07) is 7.79. The van der Waals surface area contributed by atoms with E-state index in [1.165, 1.54) is 5.56 Å². The Morgan fingerprint density at radius 3 is 2.46 bits per heavy atom. The monoisotopic (exact) mass is 557 g/mol. The fraction of sp³-hybridized carbons (Fsp3) is 0.645. The lowest BCUT2D eigenvalue weighted by atomic mass is 9.45. The Bertz CT molecular complexity index is 1180. The molecule has 3 saturated carbocycles. The number of allylic oxidation sites excluding steroid dienone is 4. The second-order valence-corrected chi connectivity index (χ2v) is 13.4. The number of halogens is 1. The Kier molecular flexibility index (Phi) is 6.42. The number of carbonyl (C=O) groups excluding carboxylic acids is 1. The smallest absolute Gasteiger partial charge is 0.227 e. The van der Waals surface area contributed by atoms with Gasteiger partial charge in [-0.15, -0.1) is 11.6 Å². The van der Waals surface area contributed by atoms with Gasteiger partial charge in [0.1, 0.15) is 12.2 Å². The van der Waals surface area contributed by atoms with Gasteiger partial charge in [0.15, 0.2) is 19.4 Å².